The van der Waals surface area contributed by atoms with Gasteiger partial charge in [-0.15, -0.1) is 0 Å². The SMILES string of the molecule is Cc1ccc(-[n+]2ccc(-c3ccccc3)cc2-c2ccccc2)cc1. The fraction of sp³-hybridized carbons (Fsp3) is 0.0417. The van der Waals surface area contributed by atoms with Crippen LogP contribution in [-0.4, -0.2) is 0 Å². The first-order chi connectivity index (χ1) is 12.3. The second-order valence-corrected chi connectivity index (χ2v) is 6.24. The van der Waals surface area contributed by atoms with Crippen molar-refractivity contribution in [3.63, 3.8) is 0 Å². The Labute approximate surface area is 148 Å². The number of aromatic nitrogens is 1. The Hall–Kier alpha value is -3.19. The minimum absolute atomic E-state index is 1.17. The lowest BCUT2D eigenvalue weighted by Crippen LogP contribution is -2.32. The van der Waals surface area contributed by atoms with Crippen molar-refractivity contribution >= 4 is 0 Å². The summed E-state index contributed by atoms with van der Waals surface area (Å²) >= 11 is 0. The van der Waals surface area contributed by atoms with Crippen molar-refractivity contribution < 1.29 is 4.57 Å². The van der Waals surface area contributed by atoms with Crippen LogP contribution < -0.4 is 4.57 Å². The summed E-state index contributed by atoms with van der Waals surface area (Å²) in [6, 6.07) is 34.2. The highest BCUT2D eigenvalue weighted by atomic mass is 15.0. The van der Waals surface area contributed by atoms with Crippen LogP contribution in [0.1, 0.15) is 5.56 Å². The second-order valence-electron chi connectivity index (χ2n) is 6.24. The summed E-state index contributed by atoms with van der Waals surface area (Å²) in [4.78, 5) is 0. The Balaban J connectivity index is 1.91. The highest BCUT2D eigenvalue weighted by molar-refractivity contribution is 5.68. The van der Waals surface area contributed by atoms with E-state index in [0.29, 0.717) is 0 Å². The quantitative estimate of drug-likeness (QED) is 0.432. The van der Waals surface area contributed by atoms with Gasteiger partial charge in [-0.25, -0.2) is 0 Å². The zero-order valence-electron chi connectivity index (χ0n) is 14.3. The van der Waals surface area contributed by atoms with Gasteiger partial charge in [0.05, 0.1) is 0 Å². The summed E-state index contributed by atoms with van der Waals surface area (Å²) < 4.78 is 2.25. The molecular formula is C24H20N+. The average Bonchev–Trinajstić information content (AvgIpc) is 2.70. The molecular weight excluding hydrogens is 302 g/mol. The van der Waals surface area contributed by atoms with Gasteiger partial charge in [0.25, 0.3) is 0 Å². The molecule has 4 rings (SSSR count). The minimum Gasteiger partial charge on any atom is -0.160 e. The van der Waals surface area contributed by atoms with Crippen LogP contribution in [0.15, 0.2) is 103 Å². The predicted octanol–water partition coefficient (Wildman–Crippen LogP) is 5.61. The molecule has 0 aliphatic carbocycles. The van der Waals surface area contributed by atoms with E-state index in [1.807, 2.05) is 0 Å². The molecule has 3 aromatic carbocycles. The summed E-state index contributed by atoms with van der Waals surface area (Å²) in [5, 5.41) is 0. The largest absolute Gasteiger partial charge is 0.219 e. The summed E-state index contributed by atoms with van der Waals surface area (Å²) in [6.07, 6.45) is 2.16. The van der Waals surface area contributed by atoms with Crippen LogP contribution in [0.4, 0.5) is 0 Å². The molecule has 0 N–H and O–H groups in total. The number of pyridine rings is 1. The molecule has 0 atom stereocenters. The molecule has 25 heavy (non-hydrogen) atoms. The smallest absolute Gasteiger partial charge is 0.160 e. The van der Waals surface area contributed by atoms with Crippen molar-refractivity contribution in [3.8, 4) is 28.1 Å². The summed E-state index contributed by atoms with van der Waals surface area (Å²) in [6.45, 7) is 2.12. The van der Waals surface area contributed by atoms with Crippen LogP contribution in [0, 0.1) is 6.92 Å². The van der Waals surface area contributed by atoms with Gasteiger partial charge in [-0.1, -0.05) is 66.2 Å². The minimum atomic E-state index is 1.17. The Morgan fingerprint density at radius 3 is 1.80 bits per heavy atom. The molecule has 4 aromatic rings. The number of benzene rings is 3. The van der Waals surface area contributed by atoms with Crippen molar-refractivity contribution in [3.05, 3.63) is 109 Å². The standard InChI is InChI=1S/C24H20N/c1-19-12-14-23(15-13-19)25-17-16-22(20-8-4-2-5-9-20)18-24(25)21-10-6-3-7-11-21/h2-18H,1H3/q+1. The lowest BCUT2D eigenvalue weighted by molar-refractivity contribution is -0.583. The van der Waals surface area contributed by atoms with Gasteiger partial charge >= 0.3 is 0 Å². The molecule has 1 heterocycles. The Morgan fingerprint density at radius 1 is 0.560 bits per heavy atom. The van der Waals surface area contributed by atoms with E-state index in [-0.39, 0.29) is 0 Å². The number of nitrogens with zero attached hydrogens (tertiary/aromatic N) is 1. The summed E-state index contributed by atoms with van der Waals surface area (Å²) in [5.74, 6) is 0. The van der Waals surface area contributed by atoms with Crippen molar-refractivity contribution in [2.45, 2.75) is 6.92 Å². The van der Waals surface area contributed by atoms with Crippen molar-refractivity contribution in [1.29, 1.82) is 0 Å². The highest BCUT2D eigenvalue weighted by Crippen LogP contribution is 2.24. The highest BCUT2D eigenvalue weighted by Gasteiger charge is 2.17. The molecule has 120 valence electrons. The van der Waals surface area contributed by atoms with Gasteiger partial charge in [-0.2, -0.15) is 4.57 Å². The molecule has 0 aliphatic heterocycles. The number of aryl methyl sites for hydroxylation is 1. The van der Waals surface area contributed by atoms with Crippen LogP contribution in [0.25, 0.3) is 28.1 Å². The van der Waals surface area contributed by atoms with Gasteiger partial charge in [0, 0.05) is 29.8 Å². The molecule has 1 nitrogen and oxygen atoms in total. The van der Waals surface area contributed by atoms with Crippen LogP contribution in [0.3, 0.4) is 0 Å². The maximum Gasteiger partial charge on any atom is 0.219 e. The Kier molecular flexibility index (Phi) is 4.14. The van der Waals surface area contributed by atoms with E-state index >= 15 is 0 Å². The van der Waals surface area contributed by atoms with Gasteiger partial charge in [0.2, 0.25) is 11.4 Å². The third-order valence-corrected chi connectivity index (χ3v) is 4.44. The monoisotopic (exact) mass is 322 g/mol. The van der Waals surface area contributed by atoms with Crippen molar-refractivity contribution in [1.82, 2.24) is 0 Å². The Bertz CT molecular complexity index is 971. The third kappa shape index (κ3) is 3.22. The number of hydrogen-bond acceptors (Lipinski definition) is 0. The summed E-state index contributed by atoms with van der Waals surface area (Å²) in [7, 11) is 0. The molecule has 0 radical (unpaired) electrons. The number of hydrogen-bond donors (Lipinski definition) is 0. The van der Waals surface area contributed by atoms with Crippen LogP contribution in [0.5, 0.6) is 0 Å². The fourth-order valence-corrected chi connectivity index (χ4v) is 3.07. The third-order valence-electron chi connectivity index (χ3n) is 4.44. The maximum absolute atomic E-state index is 2.27. The molecule has 1 aromatic heterocycles. The van der Waals surface area contributed by atoms with E-state index in [1.165, 1.54) is 33.6 Å². The zero-order valence-corrected chi connectivity index (χ0v) is 14.3. The van der Waals surface area contributed by atoms with E-state index < -0.39 is 0 Å². The number of rotatable bonds is 3. The first-order valence-corrected chi connectivity index (χ1v) is 8.55. The van der Waals surface area contributed by atoms with Gasteiger partial charge in [-0.3, -0.25) is 0 Å². The zero-order chi connectivity index (χ0) is 17.1. The molecule has 0 bridgehead atoms. The van der Waals surface area contributed by atoms with Gasteiger partial charge in [0.15, 0.2) is 6.20 Å². The van der Waals surface area contributed by atoms with E-state index in [0.717, 1.165) is 0 Å². The molecule has 0 saturated heterocycles. The van der Waals surface area contributed by atoms with Crippen LogP contribution >= 0.6 is 0 Å². The second kappa shape index (κ2) is 6.74. The van der Waals surface area contributed by atoms with E-state index in [4.69, 9.17) is 0 Å². The molecule has 0 aliphatic rings. The van der Waals surface area contributed by atoms with Crippen LogP contribution in [-0.2, 0) is 0 Å². The first kappa shape index (κ1) is 15.3. The molecule has 0 saturated carbocycles. The van der Waals surface area contributed by atoms with Gasteiger partial charge in [-0.05, 0) is 30.2 Å². The van der Waals surface area contributed by atoms with Crippen molar-refractivity contribution in [2.24, 2.45) is 0 Å². The maximum atomic E-state index is 2.27. The van der Waals surface area contributed by atoms with Gasteiger partial charge < -0.3 is 0 Å². The topological polar surface area (TPSA) is 3.88 Å². The predicted molar refractivity (Wildman–Crippen MR) is 104 cm³/mol. The fourth-order valence-electron chi connectivity index (χ4n) is 3.07. The molecule has 0 amide bonds. The molecule has 0 fully saturated rings. The normalized spacial score (nSPS) is 10.6. The van der Waals surface area contributed by atoms with Crippen LogP contribution in [0.2, 0.25) is 0 Å². The first-order valence-electron chi connectivity index (χ1n) is 8.55. The van der Waals surface area contributed by atoms with E-state index in [1.54, 1.807) is 0 Å². The van der Waals surface area contributed by atoms with Gasteiger partial charge in [0.1, 0.15) is 0 Å². The Morgan fingerprint density at radius 2 is 1.16 bits per heavy atom. The molecule has 0 unspecified atom stereocenters. The van der Waals surface area contributed by atoms with Crippen molar-refractivity contribution in [2.75, 3.05) is 0 Å². The molecule has 1 heteroatoms. The van der Waals surface area contributed by atoms with E-state index in [9.17, 15) is 0 Å². The lowest BCUT2D eigenvalue weighted by atomic mass is 10.0. The molecule has 0 spiro atoms. The lowest BCUT2D eigenvalue weighted by Gasteiger charge is -2.07. The average molecular weight is 322 g/mol. The van der Waals surface area contributed by atoms with E-state index in [2.05, 4.69) is 115 Å². The summed E-state index contributed by atoms with van der Waals surface area (Å²) in [5.41, 5.74) is 7.29.